The molecule has 0 spiro atoms. The molecule has 36 heavy (non-hydrogen) atoms. The van der Waals surface area contributed by atoms with Gasteiger partial charge in [0.25, 0.3) is 0 Å². The van der Waals surface area contributed by atoms with Gasteiger partial charge in [-0.3, -0.25) is 0 Å². The zero-order valence-electron chi connectivity index (χ0n) is 20.5. The predicted octanol–water partition coefficient (Wildman–Crippen LogP) is 6.22. The number of phenolic OH excluding ortho intramolecular Hbond substituents is 1. The number of aromatic hydroxyl groups is 1. The Bertz CT molecular complexity index is 1150. The van der Waals surface area contributed by atoms with E-state index in [1.165, 1.54) is 59.5 Å². The van der Waals surface area contributed by atoms with Crippen molar-refractivity contribution in [1.82, 2.24) is 4.90 Å². The molecule has 0 amide bonds. The number of hydrogen-bond donors (Lipinski definition) is 2. The summed E-state index contributed by atoms with van der Waals surface area (Å²) in [6, 6.07) is 25.0. The van der Waals surface area contributed by atoms with Crippen molar-refractivity contribution in [2.75, 3.05) is 44.2 Å². The fourth-order valence-corrected chi connectivity index (χ4v) is 5.58. The van der Waals surface area contributed by atoms with Crippen LogP contribution in [0, 0.1) is 0 Å². The molecule has 0 aromatic heterocycles. The number of hydrogen-bond acceptors (Lipinski definition) is 4. The topological polar surface area (TPSA) is 46.9 Å². The van der Waals surface area contributed by atoms with Crippen LogP contribution in [0.5, 0.6) is 5.75 Å². The second-order valence-corrected chi connectivity index (χ2v) is 9.72. The van der Waals surface area contributed by atoms with Crippen molar-refractivity contribution in [2.24, 2.45) is 0 Å². The van der Waals surface area contributed by atoms with Gasteiger partial charge in [-0.1, -0.05) is 56.0 Å². The van der Waals surface area contributed by atoms with Crippen molar-refractivity contribution in [3.63, 3.8) is 0 Å². The van der Waals surface area contributed by atoms with Crippen LogP contribution >= 0.6 is 0 Å². The first-order valence-corrected chi connectivity index (χ1v) is 13.0. The van der Waals surface area contributed by atoms with Crippen molar-refractivity contribution in [3.05, 3.63) is 95.1 Å². The lowest BCUT2D eigenvalue weighted by Crippen LogP contribution is -2.32. The minimum absolute atomic E-state index is 0. The number of allylic oxidation sites excluding steroid dienone is 1. The largest absolute Gasteiger partial charge is 0.508 e. The summed E-state index contributed by atoms with van der Waals surface area (Å²) in [5.41, 5.74) is 8.66. The number of aliphatic hydroxyl groups excluding tert-OH is 1. The van der Waals surface area contributed by atoms with Gasteiger partial charge in [-0.2, -0.15) is 0 Å². The van der Waals surface area contributed by atoms with E-state index in [1.807, 2.05) is 18.2 Å². The summed E-state index contributed by atoms with van der Waals surface area (Å²) in [4.78, 5) is 5.14. The van der Waals surface area contributed by atoms with Crippen molar-refractivity contribution >= 4 is 16.8 Å². The van der Waals surface area contributed by atoms with Crippen LogP contribution in [0.15, 0.2) is 72.8 Å². The molecule has 3 aromatic carbocycles. The molecule has 0 atom stereocenters. The minimum atomic E-state index is 0. The van der Waals surface area contributed by atoms with E-state index in [4.69, 9.17) is 0 Å². The average Bonchev–Trinajstić information content (AvgIpc) is 3.56. The number of fused-ring (bicyclic) bond motifs is 1. The molecule has 0 unspecified atom stereocenters. The molecule has 5 rings (SSSR count). The second-order valence-electron chi connectivity index (χ2n) is 9.72. The first-order valence-electron chi connectivity index (χ1n) is 13.0. The molecule has 190 valence electrons. The number of benzene rings is 3. The quantitative estimate of drug-likeness (QED) is 0.354. The summed E-state index contributed by atoms with van der Waals surface area (Å²) in [7, 11) is 0. The lowest BCUT2D eigenvalue weighted by molar-refractivity contribution is 0.290. The highest BCUT2D eigenvalue weighted by Gasteiger charge is 2.22. The highest BCUT2D eigenvalue weighted by atomic mass is 16.3. The van der Waals surface area contributed by atoms with E-state index in [1.54, 1.807) is 12.1 Å². The summed E-state index contributed by atoms with van der Waals surface area (Å²) in [6.07, 6.45) is 5.25. The number of likely N-dealkylation sites (tertiary alicyclic amines) is 1. The number of anilines is 1. The van der Waals surface area contributed by atoms with Crippen LogP contribution in [-0.4, -0.2) is 54.4 Å². The van der Waals surface area contributed by atoms with Gasteiger partial charge in [-0.25, -0.2) is 0 Å². The van der Waals surface area contributed by atoms with Crippen LogP contribution < -0.4 is 4.90 Å². The monoisotopic (exact) mass is 484 g/mol. The van der Waals surface area contributed by atoms with Crippen LogP contribution in [0.4, 0.5) is 5.69 Å². The average molecular weight is 485 g/mol. The Morgan fingerprint density at radius 2 is 1.50 bits per heavy atom. The van der Waals surface area contributed by atoms with Crippen LogP contribution in [0.1, 0.15) is 55.4 Å². The van der Waals surface area contributed by atoms with Gasteiger partial charge in [0.05, 0.1) is 0 Å². The normalized spacial score (nSPS) is 16.0. The number of nitrogens with zero attached hydrogens (tertiary/aromatic N) is 2. The number of aliphatic hydroxyl groups is 1. The van der Waals surface area contributed by atoms with E-state index < -0.39 is 0 Å². The maximum atomic E-state index is 9.93. The van der Waals surface area contributed by atoms with Gasteiger partial charge in [-0.05, 0) is 103 Å². The Labute approximate surface area is 216 Å². The van der Waals surface area contributed by atoms with Gasteiger partial charge in [0, 0.05) is 31.9 Å². The van der Waals surface area contributed by atoms with Gasteiger partial charge < -0.3 is 20.0 Å². The lowest BCUT2D eigenvalue weighted by atomic mass is 9.86. The Kier molecular flexibility index (Phi) is 8.84. The molecule has 0 aliphatic carbocycles. The first-order chi connectivity index (χ1) is 17.2. The standard InChI is InChI=1S/C31H36N2O2.CH4/c34-22-6-9-29(24-7-2-1-3-8-24)31(25-10-13-28(35)14-11-25)27-12-15-30-26(23-27)16-19-33(30)21-20-32-17-4-5-18-32;/h1-3,7-8,10-15,23,34-35H,4-6,9,16-22H2;1H4/b31-29-;. The highest BCUT2D eigenvalue weighted by Crippen LogP contribution is 2.38. The molecule has 0 bridgehead atoms. The van der Waals surface area contributed by atoms with E-state index >= 15 is 0 Å². The fourth-order valence-electron chi connectivity index (χ4n) is 5.58. The highest BCUT2D eigenvalue weighted by molar-refractivity contribution is 5.99. The molecule has 2 aliphatic heterocycles. The molecular weight excluding hydrogens is 444 g/mol. The zero-order chi connectivity index (χ0) is 24.0. The van der Waals surface area contributed by atoms with Crippen LogP contribution in [0.2, 0.25) is 0 Å². The summed E-state index contributed by atoms with van der Waals surface area (Å²) >= 11 is 0. The first kappa shape index (κ1) is 26.0. The summed E-state index contributed by atoms with van der Waals surface area (Å²) in [6.45, 7) is 5.99. The molecule has 1 saturated heterocycles. The van der Waals surface area contributed by atoms with Crippen LogP contribution in [0.25, 0.3) is 11.1 Å². The number of rotatable bonds is 9. The smallest absolute Gasteiger partial charge is 0.115 e. The molecule has 3 aromatic rings. The minimum Gasteiger partial charge on any atom is -0.508 e. The van der Waals surface area contributed by atoms with Gasteiger partial charge in [0.2, 0.25) is 0 Å². The summed E-state index contributed by atoms with van der Waals surface area (Å²) in [5.74, 6) is 0.271. The van der Waals surface area contributed by atoms with E-state index in [0.717, 1.165) is 38.0 Å². The summed E-state index contributed by atoms with van der Waals surface area (Å²) in [5, 5.41) is 19.6. The third kappa shape index (κ3) is 5.83. The molecule has 1 fully saturated rings. The predicted molar refractivity (Wildman–Crippen MR) is 152 cm³/mol. The second kappa shape index (κ2) is 12.2. The SMILES string of the molecule is C.OCCC/C(=C(\c1ccc(O)cc1)c1ccc2c(c1)CCN2CCN1CCCC1)c1ccccc1. The van der Waals surface area contributed by atoms with Gasteiger partial charge in [0.1, 0.15) is 5.75 Å². The summed E-state index contributed by atoms with van der Waals surface area (Å²) < 4.78 is 0. The third-order valence-electron chi connectivity index (χ3n) is 7.41. The van der Waals surface area contributed by atoms with E-state index in [-0.39, 0.29) is 19.8 Å². The van der Waals surface area contributed by atoms with Gasteiger partial charge >= 0.3 is 0 Å². The zero-order valence-corrected chi connectivity index (χ0v) is 20.5. The van der Waals surface area contributed by atoms with Crippen LogP contribution in [-0.2, 0) is 6.42 Å². The molecule has 2 N–H and O–H groups in total. The molecule has 4 nitrogen and oxygen atoms in total. The van der Waals surface area contributed by atoms with E-state index in [2.05, 4.69) is 52.3 Å². The van der Waals surface area contributed by atoms with Gasteiger partial charge in [0.15, 0.2) is 0 Å². The maximum absolute atomic E-state index is 9.93. The van der Waals surface area contributed by atoms with Crippen molar-refractivity contribution < 1.29 is 10.2 Å². The van der Waals surface area contributed by atoms with E-state index in [0.29, 0.717) is 6.42 Å². The molecular formula is C32H40N2O2. The Morgan fingerprint density at radius 3 is 2.22 bits per heavy atom. The van der Waals surface area contributed by atoms with Crippen molar-refractivity contribution in [3.8, 4) is 5.75 Å². The van der Waals surface area contributed by atoms with Crippen molar-refractivity contribution in [1.29, 1.82) is 0 Å². The Hall–Kier alpha value is -3.08. The van der Waals surface area contributed by atoms with Gasteiger partial charge in [-0.15, -0.1) is 0 Å². The Morgan fingerprint density at radius 1 is 0.778 bits per heavy atom. The fraction of sp³-hybridized carbons (Fsp3) is 0.375. The van der Waals surface area contributed by atoms with Crippen molar-refractivity contribution in [2.45, 2.75) is 39.5 Å². The number of phenols is 1. The molecule has 0 saturated carbocycles. The molecule has 2 aliphatic rings. The van der Waals surface area contributed by atoms with E-state index in [9.17, 15) is 10.2 Å². The molecule has 4 heteroatoms. The molecule has 0 radical (unpaired) electrons. The lowest BCUT2D eigenvalue weighted by Gasteiger charge is -2.24. The third-order valence-corrected chi connectivity index (χ3v) is 7.41. The van der Waals surface area contributed by atoms with Crippen LogP contribution in [0.3, 0.4) is 0 Å². The molecule has 2 heterocycles. The maximum Gasteiger partial charge on any atom is 0.115 e. The Balaban J connectivity index is 0.00000304.